The van der Waals surface area contributed by atoms with Crippen LogP contribution in [-0.4, -0.2) is 49.2 Å². The first kappa shape index (κ1) is 20.5. The average molecular weight is 348 g/mol. The van der Waals surface area contributed by atoms with Crippen LogP contribution in [0.3, 0.4) is 0 Å². The van der Waals surface area contributed by atoms with Crippen molar-refractivity contribution in [3.63, 3.8) is 0 Å². The summed E-state index contributed by atoms with van der Waals surface area (Å²) in [6, 6.07) is -1.55. The van der Waals surface area contributed by atoms with Crippen LogP contribution in [0.2, 0.25) is 0 Å². The summed E-state index contributed by atoms with van der Waals surface area (Å²) in [4.78, 5) is 23.3. The molecule has 0 aromatic heterocycles. The summed E-state index contributed by atoms with van der Waals surface area (Å²) in [5, 5.41) is 2.19. The predicted molar refractivity (Wildman–Crippen MR) is 84.5 cm³/mol. The van der Waals surface area contributed by atoms with Gasteiger partial charge < -0.3 is 20.5 Å². The maximum Gasteiger partial charge on any atom is 0.333 e. The number of carbonyl (C=O) groups is 2. The molecule has 0 aliphatic heterocycles. The number of hydrogen-bond donors (Lipinski definition) is 2. The van der Waals surface area contributed by atoms with Crippen LogP contribution >= 0.6 is 0 Å². The van der Waals surface area contributed by atoms with E-state index < -0.39 is 36.5 Å². The number of hydrogen-bond acceptors (Lipinski definition) is 5. The van der Waals surface area contributed by atoms with E-state index in [0.29, 0.717) is 0 Å². The molecule has 0 aromatic carbocycles. The molecule has 3 atom stereocenters. The zero-order valence-corrected chi connectivity index (χ0v) is 14.3. The normalized spacial score (nSPS) is 24.0. The van der Waals surface area contributed by atoms with E-state index in [1.54, 1.807) is 13.0 Å². The van der Waals surface area contributed by atoms with Gasteiger partial charge in [0.15, 0.2) is 0 Å². The Morgan fingerprint density at radius 1 is 1.33 bits per heavy atom. The molecule has 3 N–H and O–H groups in total. The molecular formula is C16H26F2N2O4. The van der Waals surface area contributed by atoms with Crippen molar-refractivity contribution in [2.24, 2.45) is 5.73 Å². The Morgan fingerprint density at radius 3 is 2.46 bits per heavy atom. The molecule has 0 saturated heterocycles. The van der Waals surface area contributed by atoms with Crippen molar-refractivity contribution < 1.29 is 27.8 Å². The summed E-state index contributed by atoms with van der Waals surface area (Å²) < 4.78 is 35.9. The number of rotatable bonds is 8. The number of ether oxygens (including phenoxy) is 2. The first-order valence-electron chi connectivity index (χ1n) is 8.21. The number of amides is 1. The fraction of sp³-hybridized carbons (Fsp3) is 0.750. The number of halogens is 2. The van der Waals surface area contributed by atoms with Gasteiger partial charge in [0.25, 0.3) is 5.91 Å². The number of carbonyl (C=O) groups excluding carboxylic acids is 2. The molecule has 0 saturated carbocycles. The monoisotopic (exact) mass is 348 g/mol. The number of alkyl halides is 2. The Kier molecular flexibility index (Phi) is 8.27. The Labute approximate surface area is 140 Å². The fourth-order valence-electron chi connectivity index (χ4n) is 2.58. The SMILES string of the molecule is CCOC(=O)C1=C[C@@H](OC(CC)CC)[C@H](N)[C@@H](NC(=O)C(F)F)C1. The van der Waals surface area contributed by atoms with Crippen LogP contribution in [-0.2, 0) is 19.1 Å². The molecule has 0 bridgehead atoms. The molecule has 138 valence electrons. The van der Waals surface area contributed by atoms with Crippen molar-refractivity contribution in [1.29, 1.82) is 0 Å². The highest BCUT2D eigenvalue weighted by Crippen LogP contribution is 2.24. The molecule has 1 aliphatic carbocycles. The molecule has 1 aliphatic rings. The quantitative estimate of drug-likeness (QED) is 0.649. The van der Waals surface area contributed by atoms with E-state index in [9.17, 15) is 18.4 Å². The van der Waals surface area contributed by atoms with Crippen LogP contribution in [0.4, 0.5) is 8.78 Å². The van der Waals surface area contributed by atoms with E-state index >= 15 is 0 Å². The standard InChI is InChI=1S/C16H26F2N2O4/c1-4-10(5-2)24-12-8-9(16(22)23-6-3)7-11(13(12)19)20-15(21)14(17)18/h8,10-14H,4-7,19H2,1-3H3,(H,20,21)/t11-,12+,13+/m0/s1. The van der Waals surface area contributed by atoms with Gasteiger partial charge in [-0.15, -0.1) is 0 Å². The van der Waals surface area contributed by atoms with Gasteiger partial charge in [-0.05, 0) is 25.8 Å². The second kappa shape index (κ2) is 9.68. The molecular weight excluding hydrogens is 322 g/mol. The largest absolute Gasteiger partial charge is 0.463 e. The van der Waals surface area contributed by atoms with Crippen LogP contribution in [0.25, 0.3) is 0 Å². The fourth-order valence-corrected chi connectivity index (χ4v) is 2.58. The topological polar surface area (TPSA) is 90.7 Å². The van der Waals surface area contributed by atoms with Crippen LogP contribution in [0.5, 0.6) is 0 Å². The van der Waals surface area contributed by atoms with E-state index in [0.717, 1.165) is 12.8 Å². The van der Waals surface area contributed by atoms with Gasteiger partial charge in [-0.1, -0.05) is 13.8 Å². The van der Waals surface area contributed by atoms with E-state index in [-0.39, 0.29) is 24.7 Å². The summed E-state index contributed by atoms with van der Waals surface area (Å²) in [7, 11) is 0. The molecule has 1 rings (SSSR count). The minimum atomic E-state index is -3.15. The smallest absolute Gasteiger partial charge is 0.333 e. The zero-order valence-electron chi connectivity index (χ0n) is 14.3. The Balaban J connectivity index is 2.98. The highest BCUT2D eigenvalue weighted by atomic mass is 19.3. The van der Waals surface area contributed by atoms with Gasteiger partial charge >= 0.3 is 12.4 Å². The van der Waals surface area contributed by atoms with E-state index in [4.69, 9.17) is 15.2 Å². The van der Waals surface area contributed by atoms with Gasteiger partial charge in [0.1, 0.15) is 0 Å². The van der Waals surface area contributed by atoms with Gasteiger partial charge in [0.2, 0.25) is 0 Å². The zero-order chi connectivity index (χ0) is 18.3. The minimum absolute atomic E-state index is 0.0290. The number of nitrogens with two attached hydrogens (primary N) is 1. The van der Waals surface area contributed by atoms with Crippen LogP contribution in [0.15, 0.2) is 11.6 Å². The van der Waals surface area contributed by atoms with E-state index in [1.165, 1.54) is 0 Å². The summed E-state index contributed by atoms with van der Waals surface area (Å²) in [6.07, 6.45) is -0.788. The van der Waals surface area contributed by atoms with Crippen molar-refractivity contribution in [3.8, 4) is 0 Å². The van der Waals surface area contributed by atoms with Gasteiger partial charge in [-0.25, -0.2) is 4.79 Å². The molecule has 0 radical (unpaired) electrons. The van der Waals surface area contributed by atoms with E-state index in [2.05, 4.69) is 5.32 Å². The van der Waals surface area contributed by atoms with Crippen molar-refractivity contribution in [2.75, 3.05) is 6.61 Å². The first-order chi connectivity index (χ1) is 11.3. The van der Waals surface area contributed by atoms with Crippen LogP contribution < -0.4 is 11.1 Å². The summed E-state index contributed by atoms with van der Waals surface area (Å²) in [5.41, 5.74) is 6.36. The molecule has 0 spiro atoms. The minimum Gasteiger partial charge on any atom is -0.463 e. The van der Waals surface area contributed by atoms with Crippen molar-refractivity contribution in [1.82, 2.24) is 5.32 Å². The average Bonchev–Trinajstić information content (AvgIpc) is 2.55. The highest BCUT2D eigenvalue weighted by molar-refractivity contribution is 5.89. The second-order valence-electron chi connectivity index (χ2n) is 5.65. The molecule has 0 unspecified atom stereocenters. The summed E-state index contributed by atoms with van der Waals surface area (Å²) >= 11 is 0. The number of esters is 1. The third-order valence-electron chi connectivity index (χ3n) is 3.97. The van der Waals surface area contributed by atoms with Crippen molar-refractivity contribution in [2.45, 2.75) is 70.8 Å². The first-order valence-corrected chi connectivity index (χ1v) is 8.21. The van der Waals surface area contributed by atoms with Gasteiger partial charge in [0, 0.05) is 12.0 Å². The summed E-state index contributed by atoms with van der Waals surface area (Å²) in [6.45, 7) is 5.76. The Hall–Kier alpha value is -1.54. The molecule has 1 amide bonds. The molecule has 8 heteroatoms. The van der Waals surface area contributed by atoms with Gasteiger partial charge in [0.05, 0.1) is 30.9 Å². The Morgan fingerprint density at radius 2 is 1.96 bits per heavy atom. The lowest BCUT2D eigenvalue weighted by atomic mass is 9.88. The van der Waals surface area contributed by atoms with Crippen molar-refractivity contribution in [3.05, 3.63) is 11.6 Å². The maximum absolute atomic E-state index is 12.5. The summed E-state index contributed by atoms with van der Waals surface area (Å²) in [5.74, 6) is -1.97. The predicted octanol–water partition coefficient (Wildman–Crippen LogP) is 1.53. The third kappa shape index (κ3) is 5.52. The third-order valence-corrected chi connectivity index (χ3v) is 3.97. The maximum atomic E-state index is 12.5. The van der Waals surface area contributed by atoms with Gasteiger partial charge in [-0.2, -0.15) is 8.78 Å². The van der Waals surface area contributed by atoms with Crippen LogP contribution in [0, 0.1) is 0 Å². The van der Waals surface area contributed by atoms with Crippen molar-refractivity contribution >= 4 is 11.9 Å². The lowest BCUT2D eigenvalue weighted by molar-refractivity contribution is -0.139. The highest BCUT2D eigenvalue weighted by Gasteiger charge is 2.36. The lowest BCUT2D eigenvalue weighted by Gasteiger charge is -2.36. The molecule has 6 nitrogen and oxygen atoms in total. The second-order valence-corrected chi connectivity index (χ2v) is 5.65. The molecule has 0 aromatic rings. The molecule has 0 heterocycles. The van der Waals surface area contributed by atoms with Gasteiger partial charge in [-0.3, -0.25) is 4.79 Å². The molecule has 0 fully saturated rings. The van der Waals surface area contributed by atoms with E-state index in [1.807, 2.05) is 13.8 Å². The molecule has 24 heavy (non-hydrogen) atoms. The lowest BCUT2D eigenvalue weighted by Crippen LogP contribution is -2.57. The number of nitrogens with one attached hydrogen (secondary N) is 1. The Bertz CT molecular complexity index is 467. The van der Waals surface area contributed by atoms with Crippen LogP contribution in [0.1, 0.15) is 40.0 Å².